The van der Waals surface area contributed by atoms with Crippen molar-refractivity contribution < 1.29 is 32.2 Å². The number of nitrogens with zero attached hydrogens (tertiary/aromatic N) is 3. The number of carbonyl (C=O) groups is 2. The fraction of sp³-hybridized carbons (Fsp3) is 0.526. The molecule has 2 aliphatic rings. The Balaban J connectivity index is 1.48. The van der Waals surface area contributed by atoms with E-state index in [0.717, 1.165) is 5.52 Å². The Hall–Kier alpha value is -2.50. The number of esters is 2. The standard InChI is InChI=1S/C19H23N3O7S/c1-21-15-3-2-13(30(25,26)22-7-10-27-11-8-22)12-14(15)20-17(21)4-5-18(23)29-16-6-9-28-19(16)24/h2-3,12,16H,4-11H2,1H3/t16-/m1/s1. The van der Waals surface area contributed by atoms with Crippen molar-refractivity contribution in [3.05, 3.63) is 24.0 Å². The van der Waals surface area contributed by atoms with Gasteiger partial charge < -0.3 is 18.8 Å². The molecule has 0 unspecified atom stereocenters. The SMILES string of the molecule is Cn1c(CCC(=O)O[C@@H]2CCOC2=O)nc2cc(S(=O)(=O)N3CCOCC3)ccc21. The van der Waals surface area contributed by atoms with Gasteiger partial charge in [-0.15, -0.1) is 0 Å². The topological polar surface area (TPSA) is 117 Å². The third kappa shape index (κ3) is 4.05. The molecule has 30 heavy (non-hydrogen) atoms. The number of cyclic esters (lactones) is 1. The summed E-state index contributed by atoms with van der Waals surface area (Å²) in [6, 6.07) is 4.83. The van der Waals surface area contributed by atoms with Crippen LogP contribution in [-0.4, -0.2) is 73.2 Å². The van der Waals surface area contributed by atoms with Gasteiger partial charge in [0.2, 0.25) is 16.1 Å². The van der Waals surface area contributed by atoms with E-state index in [4.69, 9.17) is 14.2 Å². The predicted octanol–water partition coefficient (Wildman–Crippen LogP) is 0.386. The fourth-order valence-corrected chi connectivity index (χ4v) is 4.99. The molecule has 162 valence electrons. The average molecular weight is 437 g/mol. The van der Waals surface area contributed by atoms with Crippen LogP contribution in [0.1, 0.15) is 18.7 Å². The highest BCUT2D eigenvalue weighted by Gasteiger charge is 2.30. The first-order valence-corrected chi connectivity index (χ1v) is 11.2. The Morgan fingerprint density at radius 3 is 2.73 bits per heavy atom. The van der Waals surface area contributed by atoms with Crippen LogP contribution < -0.4 is 0 Å². The number of ether oxygens (including phenoxy) is 3. The molecule has 3 heterocycles. The Bertz CT molecular complexity index is 1070. The van der Waals surface area contributed by atoms with Gasteiger partial charge >= 0.3 is 11.9 Å². The molecule has 0 amide bonds. The Morgan fingerprint density at radius 2 is 2.03 bits per heavy atom. The highest BCUT2D eigenvalue weighted by Crippen LogP contribution is 2.23. The van der Waals surface area contributed by atoms with E-state index in [0.29, 0.717) is 50.5 Å². The molecular formula is C19H23N3O7S. The molecule has 0 bridgehead atoms. The van der Waals surface area contributed by atoms with Crippen LogP contribution >= 0.6 is 0 Å². The summed E-state index contributed by atoms with van der Waals surface area (Å²) >= 11 is 0. The summed E-state index contributed by atoms with van der Waals surface area (Å²) in [4.78, 5) is 28.1. The van der Waals surface area contributed by atoms with Crippen LogP contribution in [0.2, 0.25) is 0 Å². The van der Waals surface area contributed by atoms with Gasteiger partial charge in [0.25, 0.3) is 0 Å². The second-order valence-electron chi connectivity index (χ2n) is 7.19. The summed E-state index contributed by atoms with van der Waals surface area (Å²) in [6.45, 7) is 1.67. The Labute approximate surface area is 173 Å². The van der Waals surface area contributed by atoms with Gasteiger partial charge in [-0.2, -0.15) is 4.31 Å². The van der Waals surface area contributed by atoms with E-state index < -0.39 is 28.1 Å². The van der Waals surface area contributed by atoms with Crippen molar-refractivity contribution in [2.45, 2.75) is 30.3 Å². The summed E-state index contributed by atoms with van der Waals surface area (Å²) in [7, 11) is -1.81. The molecule has 0 N–H and O–H groups in total. The van der Waals surface area contributed by atoms with Crippen molar-refractivity contribution in [3.63, 3.8) is 0 Å². The van der Waals surface area contributed by atoms with Crippen molar-refractivity contribution in [2.24, 2.45) is 7.05 Å². The highest BCUT2D eigenvalue weighted by molar-refractivity contribution is 7.89. The van der Waals surface area contributed by atoms with Crippen LogP contribution in [-0.2, 0) is 47.3 Å². The normalized spacial score (nSPS) is 20.4. The number of benzene rings is 1. The number of aromatic nitrogens is 2. The van der Waals surface area contributed by atoms with E-state index in [1.54, 1.807) is 25.2 Å². The molecule has 1 atom stereocenters. The summed E-state index contributed by atoms with van der Waals surface area (Å²) in [5, 5.41) is 0. The van der Waals surface area contributed by atoms with Crippen molar-refractivity contribution in [1.82, 2.24) is 13.9 Å². The zero-order valence-electron chi connectivity index (χ0n) is 16.6. The lowest BCUT2D eigenvalue weighted by atomic mass is 10.3. The van der Waals surface area contributed by atoms with Crippen LogP contribution in [0.15, 0.2) is 23.1 Å². The minimum atomic E-state index is -3.62. The first kappa shape index (κ1) is 20.8. The number of hydrogen-bond donors (Lipinski definition) is 0. The molecule has 2 fully saturated rings. The van der Waals surface area contributed by atoms with Crippen LogP contribution in [0, 0.1) is 0 Å². The number of hydrogen-bond acceptors (Lipinski definition) is 8. The number of carbonyl (C=O) groups excluding carboxylic acids is 2. The van der Waals surface area contributed by atoms with Gasteiger partial charge in [-0.25, -0.2) is 18.2 Å². The zero-order valence-corrected chi connectivity index (χ0v) is 17.4. The van der Waals surface area contributed by atoms with Crippen LogP contribution in [0.3, 0.4) is 0 Å². The number of morpholine rings is 1. The van der Waals surface area contributed by atoms with E-state index in [9.17, 15) is 18.0 Å². The number of aryl methyl sites for hydroxylation is 2. The quantitative estimate of drug-likeness (QED) is 0.596. The largest absolute Gasteiger partial charge is 0.463 e. The molecule has 2 saturated heterocycles. The summed E-state index contributed by atoms with van der Waals surface area (Å²) in [5.74, 6) is -0.390. The van der Waals surface area contributed by atoms with Gasteiger partial charge in [-0.05, 0) is 18.2 Å². The lowest BCUT2D eigenvalue weighted by Crippen LogP contribution is -2.40. The van der Waals surface area contributed by atoms with E-state index in [-0.39, 0.29) is 17.9 Å². The molecule has 1 aromatic heterocycles. The van der Waals surface area contributed by atoms with Gasteiger partial charge in [0.05, 0.1) is 42.2 Å². The monoisotopic (exact) mass is 437 g/mol. The molecule has 0 saturated carbocycles. The van der Waals surface area contributed by atoms with E-state index in [1.807, 2.05) is 4.57 Å². The maximum Gasteiger partial charge on any atom is 0.347 e. The second-order valence-corrected chi connectivity index (χ2v) is 9.13. The van der Waals surface area contributed by atoms with Crippen molar-refractivity contribution in [2.75, 3.05) is 32.9 Å². The summed E-state index contributed by atoms with van der Waals surface area (Å²) in [5.41, 5.74) is 1.30. The molecule has 0 radical (unpaired) electrons. The number of sulfonamides is 1. The van der Waals surface area contributed by atoms with Gasteiger partial charge in [0.15, 0.2) is 0 Å². The molecule has 2 aliphatic heterocycles. The minimum Gasteiger partial charge on any atom is -0.463 e. The van der Waals surface area contributed by atoms with Gasteiger partial charge in [0, 0.05) is 33.0 Å². The second kappa shape index (κ2) is 8.32. The highest BCUT2D eigenvalue weighted by atomic mass is 32.2. The van der Waals surface area contributed by atoms with Crippen LogP contribution in [0.25, 0.3) is 11.0 Å². The lowest BCUT2D eigenvalue weighted by molar-refractivity contribution is -0.160. The maximum absolute atomic E-state index is 12.9. The molecule has 0 spiro atoms. The van der Waals surface area contributed by atoms with Crippen molar-refractivity contribution in [3.8, 4) is 0 Å². The first-order chi connectivity index (χ1) is 14.4. The fourth-order valence-electron chi connectivity index (χ4n) is 3.57. The number of rotatable bonds is 6. The van der Waals surface area contributed by atoms with Crippen LogP contribution in [0.4, 0.5) is 0 Å². The molecule has 4 rings (SSSR count). The Morgan fingerprint density at radius 1 is 1.27 bits per heavy atom. The molecule has 1 aromatic carbocycles. The average Bonchev–Trinajstić information content (AvgIpc) is 3.29. The van der Waals surface area contributed by atoms with Crippen molar-refractivity contribution in [1.29, 1.82) is 0 Å². The van der Waals surface area contributed by atoms with Gasteiger partial charge in [0.1, 0.15) is 5.82 Å². The lowest BCUT2D eigenvalue weighted by Gasteiger charge is -2.26. The van der Waals surface area contributed by atoms with E-state index >= 15 is 0 Å². The molecule has 10 nitrogen and oxygen atoms in total. The smallest absolute Gasteiger partial charge is 0.347 e. The Kier molecular flexibility index (Phi) is 5.76. The molecular weight excluding hydrogens is 414 g/mol. The molecule has 0 aliphatic carbocycles. The minimum absolute atomic E-state index is 0.0554. The number of imidazole rings is 1. The predicted molar refractivity (Wildman–Crippen MR) is 104 cm³/mol. The number of fused-ring (bicyclic) bond motifs is 1. The van der Waals surface area contributed by atoms with E-state index in [1.165, 1.54) is 4.31 Å². The maximum atomic E-state index is 12.9. The summed E-state index contributed by atoms with van der Waals surface area (Å²) in [6.07, 6.45) is -0.0973. The van der Waals surface area contributed by atoms with E-state index in [2.05, 4.69) is 4.98 Å². The zero-order chi connectivity index (χ0) is 21.3. The third-order valence-corrected chi connectivity index (χ3v) is 7.16. The summed E-state index contributed by atoms with van der Waals surface area (Å²) < 4.78 is 44.1. The van der Waals surface area contributed by atoms with Crippen molar-refractivity contribution >= 4 is 33.0 Å². The van der Waals surface area contributed by atoms with Gasteiger partial charge in [-0.3, -0.25) is 4.79 Å². The van der Waals surface area contributed by atoms with Gasteiger partial charge in [-0.1, -0.05) is 0 Å². The molecule has 2 aromatic rings. The molecule has 11 heteroatoms. The first-order valence-electron chi connectivity index (χ1n) is 9.75. The van der Waals surface area contributed by atoms with Crippen LogP contribution in [0.5, 0.6) is 0 Å². The third-order valence-electron chi connectivity index (χ3n) is 5.27.